The van der Waals surface area contributed by atoms with Crippen molar-refractivity contribution in [2.75, 3.05) is 26.2 Å². The molecule has 0 aliphatic rings. The number of nitro groups is 1. The smallest absolute Gasteiger partial charge is 0.284 e. The van der Waals surface area contributed by atoms with Gasteiger partial charge in [-0.1, -0.05) is 13.8 Å². The molecule has 0 unspecified atom stereocenters. The number of nitro benzene ring substituents is 1. The molecule has 0 fully saturated rings. The third kappa shape index (κ3) is 5.43. The molecule has 0 aliphatic heterocycles. The van der Waals surface area contributed by atoms with E-state index < -0.39 is 4.92 Å². The highest BCUT2D eigenvalue weighted by Gasteiger charge is 2.15. The summed E-state index contributed by atoms with van der Waals surface area (Å²) >= 11 is 3.10. The quantitative estimate of drug-likeness (QED) is 0.441. The van der Waals surface area contributed by atoms with Gasteiger partial charge in [0.15, 0.2) is 0 Å². The number of halogens is 1. The lowest BCUT2D eigenvalue weighted by molar-refractivity contribution is -0.385. The van der Waals surface area contributed by atoms with E-state index in [1.807, 2.05) is 0 Å². The van der Waals surface area contributed by atoms with E-state index in [-0.39, 0.29) is 11.6 Å². The lowest BCUT2D eigenvalue weighted by Crippen LogP contribution is -2.29. The van der Waals surface area contributed by atoms with Crippen molar-refractivity contribution in [2.45, 2.75) is 20.3 Å². The number of amides is 1. The summed E-state index contributed by atoms with van der Waals surface area (Å²) in [4.78, 5) is 24.6. The van der Waals surface area contributed by atoms with Crippen molar-refractivity contribution >= 4 is 27.5 Å². The molecule has 1 N–H and O–H groups in total. The maximum Gasteiger partial charge on any atom is 0.284 e. The summed E-state index contributed by atoms with van der Waals surface area (Å²) in [5.74, 6) is -0.287. The van der Waals surface area contributed by atoms with Gasteiger partial charge in [-0.3, -0.25) is 14.9 Å². The second kappa shape index (κ2) is 8.74. The van der Waals surface area contributed by atoms with Gasteiger partial charge in [0.25, 0.3) is 11.6 Å². The van der Waals surface area contributed by atoms with Gasteiger partial charge in [0.05, 0.1) is 9.40 Å². The van der Waals surface area contributed by atoms with E-state index in [0.29, 0.717) is 16.6 Å². The van der Waals surface area contributed by atoms with E-state index in [1.54, 1.807) is 6.07 Å². The summed E-state index contributed by atoms with van der Waals surface area (Å²) in [6.45, 7) is 7.66. The van der Waals surface area contributed by atoms with Crippen molar-refractivity contribution in [3.63, 3.8) is 0 Å². The van der Waals surface area contributed by atoms with Crippen molar-refractivity contribution in [3.8, 4) is 0 Å². The standard InChI is InChI=1S/C14H20BrN3O3/c1-3-17(4-2)9-5-8-16-14(19)11-6-7-12(15)13(10-11)18(20)21/h6-7,10H,3-5,8-9H2,1-2H3,(H,16,19). The molecule has 0 heterocycles. The third-order valence-electron chi connectivity index (χ3n) is 3.24. The van der Waals surface area contributed by atoms with Crippen LogP contribution in [0.3, 0.4) is 0 Å². The van der Waals surface area contributed by atoms with Crippen molar-refractivity contribution in [3.05, 3.63) is 38.3 Å². The first-order valence-electron chi connectivity index (χ1n) is 6.94. The van der Waals surface area contributed by atoms with Crippen LogP contribution < -0.4 is 5.32 Å². The lowest BCUT2D eigenvalue weighted by atomic mass is 10.2. The molecule has 21 heavy (non-hydrogen) atoms. The van der Waals surface area contributed by atoms with Crippen LogP contribution in [-0.4, -0.2) is 41.9 Å². The van der Waals surface area contributed by atoms with E-state index in [4.69, 9.17) is 0 Å². The minimum atomic E-state index is -0.513. The zero-order valence-corrected chi connectivity index (χ0v) is 13.9. The number of hydrogen-bond acceptors (Lipinski definition) is 4. The maximum atomic E-state index is 12.0. The molecule has 1 aromatic rings. The molecule has 1 amide bonds. The highest BCUT2D eigenvalue weighted by molar-refractivity contribution is 9.10. The molecule has 0 atom stereocenters. The number of nitrogens with zero attached hydrogens (tertiary/aromatic N) is 2. The van der Waals surface area contributed by atoms with Crippen LogP contribution >= 0.6 is 15.9 Å². The molecule has 1 aromatic carbocycles. The molecule has 0 saturated carbocycles. The highest BCUT2D eigenvalue weighted by atomic mass is 79.9. The summed E-state index contributed by atoms with van der Waals surface area (Å²) in [5, 5.41) is 13.6. The van der Waals surface area contributed by atoms with Gasteiger partial charge in [0, 0.05) is 18.2 Å². The van der Waals surface area contributed by atoms with Gasteiger partial charge < -0.3 is 10.2 Å². The number of nitrogens with one attached hydrogen (secondary N) is 1. The molecule has 7 heteroatoms. The van der Waals surface area contributed by atoms with Gasteiger partial charge in [-0.05, 0) is 54.1 Å². The first kappa shape index (κ1) is 17.6. The highest BCUT2D eigenvalue weighted by Crippen LogP contribution is 2.25. The maximum absolute atomic E-state index is 12.0. The summed E-state index contributed by atoms with van der Waals surface area (Å²) in [6.07, 6.45) is 0.853. The Morgan fingerprint density at radius 2 is 2.05 bits per heavy atom. The minimum Gasteiger partial charge on any atom is -0.352 e. The van der Waals surface area contributed by atoms with Gasteiger partial charge >= 0.3 is 0 Å². The normalized spacial score (nSPS) is 10.7. The van der Waals surface area contributed by atoms with E-state index in [1.165, 1.54) is 12.1 Å². The molecule has 0 bridgehead atoms. The molecular formula is C14H20BrN3O3. The van der Waals surface area contributed by atoms with Crippen molar-refractivity contribution in [1.29, 1.82) is 0 Å². The largest absolute Gasteiger partial charge is 0.352 e. The molecular weight excluding hydrogens is 338 g/mol. The van der Waals surface area contributed by atoms with Crippen LogP contribution in [-0.2, 0) is 0 Å². The number of hydrogen-bond donors (Lipinski definition) is 1. The summed E-state index contributed by atoms with van der Waals surface area (Å²) < 4.78 is 0.366. The first-order valence-corrected chi connectivity index (χ1v) is 7.73. The molecule has 0 saturated heterocycles. The molecule has 0 aromatic heterocycles. The Kier molecular flexibility index (Phi) is 7.31. The summed E-state index contributed by atoms with van der Waals surface area (Å²) in [7, 11) is 0. The van der Waals surface area contributed by atoms with Crippen molar-refractivity contribution in [2.24, 2.45) is 0 Å². The van der Waals surface area contributed by atoms with Crippen LogP contribution in [0.2, 0.25) is 0 Å². The third-order valence-corrected chi connectivity index (χ3v) is 3.91. The van der Waals surface area contributed by atoms with Gasteiger partial charge in [-0.15, -0.1) is 0 Å². The second-order valence-corrected chi connectivity index (χ2v) is 5.41. The van der Waals surface area contributed by atoms with E-state index in [0.717, 1.165) is 26.1 Å². The second-order valence-electron chi connectivity index (χ2n) is 4.56. The SMILES string of the molecule is CCN(CC)CCCNC(=O)c1ccc(Br)c([N+](=O)[O-])c1. The fraction of sp³-hybridized carbons (Fsp3) is 0.500. The molecule has 1 rings (SSSR count). The average molecular weight is 358 g/mol. The van der Waals surface area contributed by atoms with Crippen LogP contribution in [0.4, 0.5) is 5.69 Å². The zero-order chi connectivity index (χ0) is 15.8. The Labute approximate surface area is 132 Å². The molecule has 0 aliphatic carbocycles. The zero-order valence-electron chi connectivity index (χ0n) is 12.3. The fourth-order valence-corrected chi connectivity index (χ4v) is 2.33. The van der Waals surface area contributed by atoms with E-state index in [9.17, 15) is 14.9 Å². The van der Waals surface area contributed by atoms with Gasteiger partial charge in [0.1, 0.15) is 0 Å². The number of benzene rings is 1. The van der Waals surface area contributed by atoms with Crippen LogP contribution in [0.5, 0.6) is 0 Å². The fourth-order valence-electron chi connectivity index (χ4n) is 1.94. The Morgan fingerprint density at radius 3 is 2.62 bits per heavy atom. The Hall–Kier alpha value is -1.47. The predicted octanol–water partition coefficient (Wildman–Crippen LogP) is 2.82. The number of carbonyl (C=O) groups is 1. The van der Waals surface area contributed by atoms with Crippen LogP contribution in [0.15, 0.2) is 22.7 Å². The van der Waals surface area contributed by atoms with Crippen LogP contribution in [0, 0.1) is 10.1 Å². The average Bonchev–Trinajstić information content (AvgIpc) is 2.47. The number of carbonyl (C=O) groups excluding carboxylic acids is 1. The minimum absolute atomic E-state index is 0.106. The molecule has 116 valence electrons. The van der Waals surface area contributed by atoms with E-state index >= 15 is 0 Å². The van der Waals surface area contributed by atoms with Crippen LogP contribution in [0.25, 0.3) is 0 Å². The topological polar surface area (TPSA) is 75.5 Å². The summed E-state index contributed by atoms with van der Waals surface area (Å²) in [6, 6.07) is 4.36. The van der Waals surface area contributed by atoms with Gasteiger partial charge in [-0.2, -0.15) is 0 Å². The first-order chi connectivity index (χ1) is 9.99. The van der Waals surface area contributed by atoms with Crippen LogP contribution in [0.1, 0.15) is 30.6 Å². The lowest BCUT2D eigenvalue weighted by Gasteiger charge is -2.17. The van der Waals surface area contributed by atoms with Gasteiger partial charge in [-0.25, -0.2) is 0 Å². The Morgan fingerprint density at radius 1 is 1.38 bits per heavy atom. The van der Waals surface area contributed by atoms with E-state index in [2.05, 4.69) is 40.0 Å². The summed E-state index contributed by atoms with van der Waals surface area (Å²) in [5.41, 5.74) is 0.193. The molecule has 0 radical (unpaired) electrons. The van der Waals surface area contributed by atoms with Gasteiger partial charge in [0.2, 0.25) is 0 Å². The number of rotatable bonds is 8. The van der Waals surface area contributed by atoms with Crippen molar-refractivity contribution < 1.29 is 9.72 Å². The monoisotopic (exact) mass is 357 g/mol. The Balaban J connectivity index is 2.53. The molecule has 0 spiro atoms. The molecule has 6 nitrogen and oxygen atoms in total. The Bertz CT molecular complexity index is 504. The predicted molar refractivity (Wildman–Crippen MR) is 85.5 cm³/mol. The van der Waals surface area contributed by atoms with Crippen molar-refractivity contribution in [1.82, 2.24) is 10.2 Å².